The molecule has 27 heavy (non-hydrogen) atoms. The van der Waals surface area contributed by atoms with E-state index in [-0.39, 0.29) is 5.75 Å². The van der Waals surface area contributed by atoms with E-state index < -0.39 is 11.5 Å². The minimum Gasteiger partial charge on any atom is -0.504 e. The van der Waals surface area contributed by atoms with E-state index >= 15 is 0 Å². The molecule has 142 valence electrons. The predicted octanol–water partition coefficient (Wildman–Crippen LogP) is 1.86. The summed E-state index contributed by atoms with van der Waals surface area (Å²) in [6.07, 6.45) is 1.89. The summed E-state index contributed by atoms with van der Waals surface area (Å²) in [5.74, 6) is -0.598. The van der Waals surface area contributed by atoms with E-state index in [1.54, 1.807) is 6.07 Å². The number of aromatic nitrogens is 2. The molecule has 1 fully saturated rings. The van der Waals surface area contributed by atoms with Gasteiger partial charge < -0.3 is 25.4 Å². The van der Waals surface area contributed by atoms with Gasteiger partial charge in [-0.05, 0) is 24.3 Å². The van der Waals surface area contributed by atoms with Crippen LogP contribution in [0.1, 0.15) is 0 Å². The van der Waals surface area contributed by atoms with Crippen molar-refractivity contribution in [2.75, 3.05) is 44.7 Å². The first-order valence-corrected chi connectivity index (χ1v) is 8.90. The number of phenolic OH excluding ortho intramolecular Hbond substituents is 3. The average molecular weight is 370 g/mol. The molecule has 0 unspecified atom stereocenters. The number of fused-ring (bicyclic) bond motifs is 1. The van der Waals surface area contributed by atoms with Crippen LogP contribution in [-0.2, 0) is 4.74 Å². The third kappa shape index (κ3) is 3.36. The van der Waals surface area contributed by atoms with Crippen molar-refractivity contribution in [3.05, 3.63) is 36.5 Å². The molecular weight excluding hydrogens is 348 g/mol. The van der Waals surface area contributed by atoms with E-state index in [0.717, 1.165) is 38.7 Å². The molecule has 0 amide bonds. The third-order valence-electron chi connectivity index (χ3n) is 4.74. The molecule has 4 rings (SSSR count). The number of benzene rings is 1. The van der Waals surface area contributed by atoms with Gasteiger partial charge in [-0.2, -0.15) is 0 Å². The summed E-state index contributed by atoms with van der Waals surface area (Å²) in [4.78, 5) is 6.92. The van der Waals surface area contributed by atoms with E-state index in [9.17, 15) is 15.3 Å². The highest BCUT2D eigenvalue weighted by Crippen LogP contribution is 2.43. The fourth-order valence-corrected chi connectivity index (χ4v) is 3.27. The van der Waals surface area contributed by atoms with Gasteiger partial charge in [0.05, 0.1) is 13.2 Å². The maximum absolute atomic E-state index is 10.3. The Morgan fingerprint density at radius 1 is 1.04 bits per heavy atom. The summed E-state index contributed by atoms with van der Waals surface area (Å²) in [6.45, 7) is 4.88. The van der Waals surface area contributed by atoms with Crippen molar-refractivity contribution in [2.24, 2.45) is 0 Å². The second-order valence-corrected chi connectivity index (χ2v) is 6.45. The molecule has 0 bridgehead atoms. The lowest BCUT2D eigenvalue weighted by atomic mass is 10.1. The average Bonchev–Trinajstić information content (AvgIpc) is 3.06. The van der Waals surface area contributed by atoms with Crippen molar-refractivity contribution in [3.63, 3.8) is 0 Å². The van der Waals surface area contributed by atoms with Crippen molar-refractivity contribution in [3.8, 4) is 28.5 Å². The first-order chi connectivity index (χ1) is 13.1. The Balaban J connectivity index is 1.66. The minimum absolute atomic E-state index is 0.350. The van der Waals surface area contributed by atoms with Gasteiger partial charge in [-0.15, -0.1) is 0 Å². The summed E-state index contributed by atoms with van der Waals surface area (Å²) in [6, 6.07) is 8.54. The molecule has 1 aromatic carbocycles. The molecule has 8 nitrogen and oxygen atoms in total. The Bertz CT molecular complexity index is 950. The van der Waals surface area contributed by atoms with Crippen LogP contribution in [0.15, 0.2) is 36.5 Å². The molecule has 3 heterocycles. The number of anilines is 1. The second kappa shape index (κ2) is 7.34. The topological polar surface area (TPSA) is 102 Å². The third-order valence-corrected chi connectivity index (χ3v) is 4.74. The van der Waals surface area contributed by atoms with Crippen LogP contribution in [0, 0.1) is 0 Å². The summed E-state index contributed by atoms with van der Waals surface area (Å²) in [5.41, 5.74) is 1.58. The van der Waals surface area contributed by atoms with Gasteiger partial charge in [0.25, 0.3) is 0 Å². The molecule has 0 radical (unpaired) electrons. The molecule has 1 saturated heterocycles. The molecule has 1 aliphatic rings. The zero-order chi connectivity index (χ0) is 18.8. The lowest BCUT2D eigenvalue weighted by Crippen LogP contribution is -2.39. The Kier molecular flexibility index (Phi) is 4.74. The van der Waals surface area contributed by atoms with E-state index in [0.29, 0.717) is 23.4 Å². The normalized spacial score (nSPS) is 15.3. The zero-order valence-corrected chi connectivity index (χ0v) is 14.8. The number of phenols is 3. The second-order valence-electron chi connectivity index (χ2n) is 6.45. The highest BCUT2D eigenvalue weighted by molar-refractivity contribution is 5.82. The van der Waals surface area contributed by atoms with Crippen LogP contribution in [0.4, 0.5) is 5.82 Å². The molecule has 0 aliphatic carbocycles. The Morgan fingerprint density at radius 2 is 1.85 bits per heavy atom. The molecule has 3 aromatic rings. The Hall–Kier alpha value is -2.97. The van der Waals surface area contributed by atoms with E-state index in [1.807, 2.05) is 28.8 Å². The number of aromatic hydroxyl groups is 3. The monoisotopic (exact) mass is 370 g/mol. The number of ether oxygens (including phenoxy) is 1. The molecule has 0 atom stereocenters. The van der Waals surface area contributed by atoms with Gasteiger partial charge in [0, 0.05) is 37.9 Å². The Labute approximate surface area is 156 Å². The van der Waals surface area contributed by atoms with Crippen molar-refractivity contribution in [1.82, 2.24) is 14.3 Å². The van der Waals surface area contributed by atoms with Gasteiger partial charge in [-0.1, -0.05) is 6.07 Å². The van der Waals surface area contributed by atoms with E-state index in [2.05, 4.69) is 15.2 Å². The number of imidazole rings is 1. The molecule has 0 saturated carbocycles. The first kappa shape index (κ1) is 17.4. The van der Waals surface area contributed by atoms with Crippen LogP contribution in [0.2, 0.25) is 0 Å². The highest BCUT2D eigenvalue weighted by atomic mass is 16.5. The number of hydrogen-bond donors (Lipinski definition) is 4. The standard InChI is InChI=1S/C19H22N4O4/c24-14-5-4-13(17(25)18(14)26)16-19(23-7-2-1-3-15(23)21-16)20-6-8-22-9-11-27-12-10-22/h1-5,7,20,24-26H,6,8-12H2. The van der Waals surface area contributed by atoms with Crippen molar-refractivity contribution in [1.29, 1.82) is 0 Å². The van der Waals surface area contributed by atoms with Crippen molar-refractivity contribution < 1.29 is 20.1 Å². The number of pyridine rings is 1. The number of morpholine rings is 1. The quantitative estimate of drug-likeness (QED) is 0.509. The number of rotatable bonds is 5. The van der Waals surface area contributed by atoms with Crippen molar-refractivity contribution >= 4 is 11.5 Å². The van der Waals surface area contributed by atoms with E-state index in [1.165, 1.54) is 6.07 Å². The minimum atomic E-state index is -0.552. The number of nitrogens with zero attached hydrogens (tertiary/aromatic N) is 3. The maximum atomic E-state index is 10.3. The van der Waals surface area contributed by atoms with Gasteiger partial charge >= 0.3 is 0 Å². The van der Waals surface area contributed by atoms with Crippen LogP contribution >= 0.6 is 0 Å². The summed E-state index contributed by atoms with van der Waals surface area (Å²) in [7, 11) is 0. The van der Waals surface area contributed by atoms with Crippen LogP contribution in [0.5, 0.6) is 17.2 Å². The molecule has 4 N–H and O–H groups in total. The smallest absolute Gasteiger partial charge is 0.200 e. The van der Waals surface area contributed by atoms with Gasteiger partial charge in [0.15, 0.2) is 11.5 Å². The molecular formula is C19H22N4O4. The largest absolute Gasteiger partial charge is 0.504 e. The molecule has 1 aliphatic heterocycles. The lowest BCUT2D eigenvalue weighted by molar-refractivity contribution is 0.0398. The lowest BCUT2D eigenvalue weighted by Gasteiger charge is -2.26. The van der Waals surface area contributed by atoms with E-state index in [4.69, 9.17) is 4.74 Å². The highest BCUT2D eigenvalue weighted by Gasteiger charge is 2.20. The fraction of sp³-hybridized carbons (Fsp3) is 0.316. The maximum Gasteiger partial charge on any atom is 0.200 e. The van der Waals surface area contributed by atoms with Crippen LogP contribution < -0.4 is 5.32 Å². The number of hydrogen-bond acceptors (Lipinski definition) is 7. The Morgan fingerprint density at radius 3 is 2.67 bits per heavy atom. The van der Waals surface area contributed by atoms with Crippen molar-refractivity contribution in [2.45, 2.75) is 0 Å². The predicted molar refractivity (Wildman–Crippen MR) is 101 cm³/mol. The van der Waals surface area contributed by atoms with Crippen LogP contribution in [0.25, 0.3) is 16.9 Å². The summed E-state index contributed by atoms with van der Waals surface area (Å²) >= 11 is 0. The summed E-state index contributed by atoms with van der Waals surface area (Å²) < 4.78 is 7.27. The van der Waals surface area contributed by atoms with Gasteiger partial charge in [0.2, 0.25) is 5.75 Å². The molecule has 0 spiro atoms. The van der Waals surface area contributed by atoms with Crippen LogP contribution in [0.3, 0.4) is 0 Å². The number of nitrogens with one attached hydrogen (secondary N) is 1. The van der Waals surface area contributed by atoms with Crippen LogP contribution in [-0.4, -0.2) is 69.0 Å². The zero-order valence-electron chi connectivity index (χ0n) is 14.8. The SMILES string of the molecule is Oc1ccc(-c2nc3ccccn3c2NCCN2CCOCC2)c(O)c1O. The molecule has 2 aromatic heterocycles. The fourth-order valence-electron chi connectivity index (χ4n) is 3.27. The van der Waals surface area contributed by atoms with Gasteiger partial charge in [-0.25, -0.2) is 4.98 Å². The first-order valence-electron chi connectivity index (χ1n) is 8.90. The molecule has 8 heteroatoms. The van der Waals surface area contributed by atoms with Gasteiger partial charge in [-0.3, -0.25) is 9.30 Å². The summed E-state index contributed by atoms with van der Waals surface area (Å²) in [5, 5.41) is 33.2. The van der Waals surface area contributed by atoms with Gasteiger partial charge in [0.1, 0.15) is 17.2 Å².